The van der Waals surface area contributed by atoms with Crippen LogP contribution >= 0.6 is 23.2 Å². The normalized spacial score (nSPS) is 23.3. The molecule has 3 atom stereocenters. The molecule has 0 amide bonds. The number of halogens is 3. The number of hydrogen-bond acceptors (Lipinski definition) is 7. The van der Waals surface area contributed by atoms with Crippen LogP contribution in [0.2, 0.25) is 10.0 Å². The summed E-state index contributed by atoms with van der Waals surface area (Å²) in [7, 11) is -3.32. The van der Waals surface area contributed by atoms with E-state index in [9.17, 15) is 13.2 Å². The highest BCUT2D eigenvalue weighted by molar-refractivity contribution is 7.93. The summed E-state index contributed by atoms with van der Waals surface area (Å²) < 4.78 is 51.7. The highest BCUT2D eigenvalue weighted by atomic mass is 35.5. The van der Waals surface area contributed by atoms with Crippen LogP contribution in [-0.2, 0) is 32.4 Å². The average molecular weight is 648 g/mol. The average Bonchev–Trinajstić information content (AvgIpc) is 3.89. The van der Waals surface area contributed by atoms with Gasteiger partial charge in [-0.1, -0.05) is 40.5 Å². The maximum absolute atomic E-state index is 15.3. The minimum atomic E-state index is -3.32. The smallest absolute Gasteiger partial charge is 0.160 e. The van der Waals surface area contributed by atoms with Crippen molar-refractivity contribution < 1.29 is 26.9 Å². The number of carbonyl (C=O) groups is 1. The highest BCUT2D eigenvalue weighted by Crippen LogP contribution is 2.47. The number of ketones is 1. The summed E-state index contributed by atoms with van der Waals surface area (Å²) in [4.78, 5) is 14.4. The third-order valence-corrected chi connectivity index (χ3v) is 12.1. The first-order valence-electron chi connectivity index (χ1n) is 15.0. The van der Waals surface area contributed by atoms with Crippen molar-refractivity contribution in [3.8, 4) is 11.3 Å². The molecule has 0 unspecified atom stereocenters. The molecule has 4 aliphatic rings. The molecule has 2 bridgehead atoms. The van der Waals surface area contributed by atoms with Crippen LogP contribution in [0.25, 0.3) is 11.3 Å². The van der Waals surface area contributed by atoms with Crippen LogP contribution < -0.4 is 4.90 Å². The van der Waals surface area contributed by atoms with E-state index in [-0.39, 0.29) is 41.3 Å². The minimum Gasteiger partial charge on any atom is -0.373 e. The zero-order chi connectivity index (χ0) is 29.9. The molecule has 7 nitrogen and oxygen atoms in total. The predicted molar refractivity (Wildman–Crippen MR) is 163 cm³/mol. The number of benzene rings is 2. The molecule has 7 rings (SSSR count). The third-order valence-electron chi connectivity index (χ3n) is 9.29. The summed E-state index contributed by atoms with van der Waals surface area (Å²) in [5.41, 5.74) is 3.45. The number of aryl methyl sites for hydroxylation is 1. The Balaban J connectivity index is 0.975. The molecular weight excluding hydrogens is 614 g/mol. The third kappa shape index (κ3) is 5.98. The number of piperidine rings is 1. The van der Waals surface area contributed by atoms with Gasteiger partial charge in [0.15, 0.2) is 9.84 Å². The van der Waals surface area contributed by atoms with Gasteiger partial charge in [-0.2, -0.15) is 0 Å². The van der Waals surface area contributed by atoms with Gasteiger partial charge >= 0.3 is 0 Å². The number of ether oxygens (including phenoxy) is 1. The lowest BCUT2D eigenvalue weighted by Gasteiger charge is -2.33. The first-order chi connectivity index (χ1) is 20.7. The molecule has 4 fully saturated rings. The van der Waals surface area contributed by atoms with Crippen molar-refractivity contribution in [2.45, 2.75) is 81.3 Å². The molecule has 3 aliphatic carbocycles. The van der Waals surface area contributed by atoms with E-state index in [4.69, 9.17) is 32.5 Å². The Morgan fingerprint density at radius 2 is 1.86 bits per heavy atom. The van der Waals surface area contributed by atoms with Crippen LogP contribution in [0, 0.1) is 11.7 Å². The number of Topliss-reactive ketones (excluding diaryl/α,β-unsaturated/α-hetero) is 1. The van der Waals surface area contributed by atoms with E-state index in [1.807, 2.05) is 6.07 Å². The van der Waals surface area contributed by atoms with Crippen molar-refractivity contribution in [1.29, 1.82) is 0 Å². The summed E-state index contributed by atoms with van der Waals surface area (Å²) >= 11 is 13.0. The van der Waals surface area contributed by atoms with Crippen LogP contribution in [0.3, 0.4) is 0 Å². The van der Waals surface area contributed by atoms with Gasteiger partial charge in [0.05, 0.1) is 33.7 Å². The second kappa shape index (κ2) is 11.5. The molecule has 0 spiro atoms. The predicted octanol–water partition coefficient (Wildman–Crippen LogP) is 6.93. The lowest BCUT2D eigenvalue weighted by atomic mass is 10.0. The van der Waals surface area contributed by atoms with Crippen molar-refractivity contribution >= 4 is 44.5 Å². The fraction of sp³-hybridized carbons (Fsp3) is 0.500. The Labute approximate surface area is 260 Å². The molecule has 0 radical (unpaired) electrons. The van der Waals surface area contributed by atoms with Crippen molar-refractivity contribution in [3.05, 3.63) is 69.1 Å². The molecule has 11 heteroatoms. The summed E-state index contributed by atoms with van der Waals surface area (Å²) in [6.45, 7) is 1.05. The van der Waals surface area contributed by atoms with Gasteiger partial charge in [-0.3, -0.25) is 4.79 Å². The summed E-state index contributed by atoms with van der Waals surface area (Å²) in [6, 6.07) is 10.7. The topological polar surface area (TPSA) is 89.7 Å². The molecule has 2 aromatic carbocycles. The molecule has 0 N–H and O–H groups in total. The van der Waals surface area contributed by atoms with Gasteiger partial charge in [0.25, 0.3) is 0 Å². The molecule has 228 valence electrons. The van der Waals surface area contributed by atoms with Crippen LogP contribution in [0.15, 0.2) is 40.9 Å². The van der Waals surface area contributed by atoms with Crippen molar-refractivity contribution in [1.82, 2.24) is 5.16 Å². The number of anilines is 1. The monoisotopic (exact) mass is 646 g/mol. The first kappa shape index (κ1) is 29.3. The van der Waals surface area contributed by atoms with Gasteiger partial charge in [-0.25, -0.2) is 12.8 Å². The van der Waals surface area contributed by atoms with E-state index in [0.29, 0.717) is 70.9 Å². The molecule has 1 aromatic heterocycles. The summed E-state index contributed by atoms with van der Waals surface area (Å²) in [6.07, 6.45) is 5.60. The Kier molecular flexibility index (Phi) is 7.81. The first-order valence-corrected chi connectivity index (χ1v) is 17.5. The molecule has 43 heavy (non-hydrogen) atoms. The number of hydrogen-bond donors (Lipinski definition) is 0. The van der Waals surface area contributed by atoms with Gasteiger partial charge in [-0.05, 0) is 74.8 Å². The van der Waals surface area contributed by atoms with Crippen LogP contribution in [0.5, 0.6) is 0 Å². The highest BCUT2D eigenvalue weighted by Gasteiger charge is 2.46. The fourth-order valence-electron chi connectivity index (χ4n) is 6.71. The Morgan fingerprint density at radius 1 is 1.09 bits per heavy atom. The zero-order valence-electron chi connectivity index (χ0n) is 23.6. The fourth-order valence-corrected chi connectivity index (χ4v) is 8.97. The Bertz CT molecular complexity index is 1650. The standard InChI is InChI=1S/C32H33Cl2FN2O5S/c33-25-2-1-3-26(34)30(25)31-24(32(42-36-31)19-6-7-19)16-41-29-14-21-13-20(29)15-37(21)28-11-5-18(12-27(28)35)4-8-22(38)17-43(39,40)23-9-10-23/h1-3,5,11-12,19-21,23,29H,4,6-10,13-17H2/t20-,21-,29+/m0/s1. The van der Waals surface area contributed by atoms with Crippen LogP contribution in [-0.4, -0.2) is 49.1 Å². The van der Waals surface area contributed by atoms with Gasteiger partial charge < -0.3 is 14.2 Å². The number of fused-ring (bicyclic) bond motifs is 2. The Hall–Kier alpha value is -2.46. The van der Waals surface area contributed by atoms with Crippen LogP contribution in [0.4, 0.5) is 10.1 Å². The number of nitrogens with zero attached hydrogens (tertiary/aromatic N) is 2. The van der Waals surface area contributed by atoms with E-state index in [2.05, 4.69) is 10.1 Å². The van der Waals surface area contributed by atoms with E-state index in [1.54, 1.807) is 24.3 Å². The molecule has 1 aliphatic heterocycles. The van der Waals surface area contributed by atoms with Gasteiger partial charge in [-0.15, -0.1) is 0 Å². The minimum absolute atomic E-state index is 0.0398. The van der Waals surface area contributed by atoms with Gasteiger partial charge in [0.1, 0.15) is 28.8 Å². The molecule has 2 heterocycles. The van der Waals surface area contributed by atoms with E-state index < -0.39 is 15.6 Å². The molecule has 3 saturated carbocycles. The lowest BCUT2D eigenvalue weighted by molar-refractivity contribution is -0.116. The maximum Gasteiger partial charge on any atom is 0.160 e. The summed E-state index contributed by atoms with van der Waals surface area (Å²) in [5.74, 6) is 0.427. The second-order valence-corrected chi connectivity index (χ2v) is 15.6. The van der Waals surface area contributed by atoms with Gasteiger partial charge in [0, 0.05) is 42.0 Å². The Morgan fingerprint density at radius 3 is 2.51 bits per heavy atom. The lowest BCUT2D eigenvalue weighted by Crippen LogP contribution is -2.39. The van der Waals surface area contributed by atoms with E-state index in [0.717, 1.165) is 37.0 Å². The second-order valence-electron chi connectivity index (χ2n) is 12.5. The number of rotatable bonds is 12. The van der Waals surface area contributed by atoms with E-state index in [1.165, 1.54) is 6.07 Å². The van der Waals surface area contributed by atoms with Crippen molar-refractivity contribution in [2.24, 2.45) is 5.92 Å². The summed E-state index contributed by atoms with van der Waals surface area (Å²) in [5, 5.41) is 5.04. The van der Waals surface area contributed by atoms with Crippen molar-refractivity contribution in [2.75, 3.05) is 17.2 Å². The number of aromatic nitrogens is 1. The maximum atomic E-state index is 15.3. The van der Waals surface area contributed by atoms with Crippen molar-refractivity contribution in [3.63, 3.8) is 0 Å². The van der Waals surface area contributed by atoms with E-state index >= 15 is 4.39 Å². The van der Waals surface area contributed by atoms with Gasteiger partial charge in [0.2, 0.25) is 0 Å². The zero-order valence-corrected chi connectivity index (χ0v) is 25.9. The largest absolute Gasteiger partial charge is 0.373 e. The molecule has 3 aromatic rings. The van der Waals surface area contributed by atoms with Crippen LogP contribution in [0.1, 0.15) is 67.8 Å². The number of carbonyl (C=O) groups excluding carboxylic acids is 1. The molecule has 1 saturated heterocycles. The number of sulfone groups is 1. The quantitative estimate of drug-likeness (QED) is 0.211. The SMILES string of the molecule is O=C(CCc1ccc(N2C[C@@H]3C[C@H]2C[C@H]3OCc2c(-c3c(Cl)cccc3Cl)noc2C2CC2)c(F)c1)CS(=O)(=O)C1CC1. The molecular formula is C32H33Cl2FN2O5S.